The average molecular weight is 344 g/mol. The topological polar surface area (TPSA) is 89.1 Å². The lowest BCUT2D eigenvalue weighted by Gasteiger charge is -2.20. The minimum absolute atomic E-state index is 0.0778. The molecule has 8 nitrogen and oxygen atoms in total. The molecule has 4 rings (SSSR count). The minimum atomic E-state index is -0.0778. The molecule has 1 aliphatic carbocycles. The average Bonchev–Trinajstić information content (AvgIpc) is 3.12. The van der Waals surface area contributed by atoms with E-state index in [0.717, 1.165) is 44.7 Å². The van der Waals surface area contributed by atoms with Gasteiger partial charge < -0.3 is 19.3 Å². The maximum Gasteiger partial charge on any atom is 0.274 e. The molecule has 0 unspecified atom stereocenters. The number of aromatic nitrogens is 4. The van der Waals surface area contributed by atoms with Gasteiger partial charge in [-0.2, -0.15) is 4.98 Å². The zero-order valence-corrected chi connectivity index (χ0v) is 14.6. The van der Waals surface area contributed by atoms with E-state index in [1.165, 1.54) is 6.42 Å². The molecule has 1 aliphatic heterocycles. The van der Waals surface area contributed by atoms with Crippen molar-refractivity contribution in [3.63, 3.8) is 0 Å². The zero-order chi connectivity index (χ0) is 17.2. The van der Waals surface area contributed by atoms with E-state index in [9.17, 15) is 4.79 Å². The number of hydrogen-bond donors (Lipinski definition) is 1. The van der Waals surface area contributed by atoms with Crippen molar-refractivity contribution in [1.82, 2.24) is 29.9 Å². The van der Waals surface area contributed by atoms with E-state index in [4.69, 9.17) is 4.52 Å². The summed E-state index contributed by atoms with van der Waals surface area (Å²) in [5, 5.41) is 7.38. The van der Waals surface area contributed by atoms with E-state index in [1.807, 2.05) is 13.1 Å². The molecule has 25 heavy (non-hydrogen) atoms. The second-order valence-corrected chi connectivity index (χ2v) is 6.73. The first kappa shape index (κ1) is 16.3. The fourth-order valence-corrected chi connectivity index (χ4v) is 3.29. The van der Waals surface area contributed by atoms with Crippen LogP contribution in [0.1, 0.15) is 60.1 Å². The Balaban J connectivity index is 1.46. The van der Waals surface area contributed by atoms with Gasteiger partial charge in [0, 0.05) is 44.7 Å². The summed E-state index contributed by atoms with van der Waals surface area (Å²) >= 11 is 0. The summed E-state index contributed by atoms with van der Waals surface area (Å²) in [6.07, 6.45) is 6.17. The molecule has 0 bridgehead atoms. The van der Waals surface area contributed by atoms with Crippen LogP contribution in [0, 0.1) is 0 Å². The van der Waals surface area contributed by atoms with Crippen molar-refractivity contribution >= 4 is 5.91 Å². The molecular formula is C17H24N6O2. The predicted octanol–water partition coefficient (Wildman–Crippen LogP) is 1.34. The van der Waals surface area contributed by atoms with Gasteiger partial charge in [0.25, 0.3) is 5.91 Å². The first-order valence-corrected chi connectivity index (χ1v) is 9.13. The molecule has 1 N–H and O–H groups in total. The molecule has 0 spiro atoms. The molecule has 8 heteroatoms. The summed E-state index contributed by atoms with van der Waals surface area (Å²) in [4.78, 5) is 23.6. The summed E-state index contributed by atoms with van der Waals surface area (Å²) in [5.74, 6) is 2.58. The monoisotopic (exact) mass is 344 g/mol. The van der Waals surface area contributed by atoms with Gasteiger partial charge in [0.1, 0.15) is 11.5 Å². The predicted molar refractivity (Wildman–Crippen MR) is 90.1 cm³/mol. The molecule has 134 valence electrons. The summed E-state index contributed by atoms with van der Waals surface area (Å²) < 4.78 is 7.43. The molecule has 0 atom stereocenters. The van der Waals surface area contributed by atoms with Crippen LogP contribution >= 0.6 is 0 Å². The standard InChI is InChI=1S/C17H24N6O2/c1-2-22(11-14-20-16(25-21-14)12-4-3-5-12)17(24)13-10-23-9-8-18-7-6-15(23)19-13/h10,12,18H,2-9,11H2,1H3. The van der Waals surface area contributed by atoms with Gasteiger partial charge in [0.05, 0.1) is 6.54 Å². The third kappa shape index (κ3) is 3.30. The molecule has 2 aromatic rings. The van der Waals surface area contributed by atoms with Gasteiger partial charge >= 0.3 is 0 Å². The van der Waals surface area contributed by atoms with Crippen molar-refractivity contribution in [2.45, 2.75) is 51.6 Å². The van der Waals surface area contributed by atoms with Gasteiger partial charge in [-0.15, -0.1) is 0 Å². The van der Waals surface area contributed by atoms with Crippen LogP contribution in [0.2, 0.25) is 0 Å². The Morgan fingerprint density at radius 2 is 2.28 bits per heavy atom. The Morgan fingerprint density at radius 3 is 3.04 bits per heavy atom. The zero-order valence-electron chi connectivity index (χ0n) is 14.6. The third-order valence-electron chi connectivity index (χ3n) is 5.07. The highest BCUT2D eigenvalue weighted by Gasteiger charge is 2.27. The number of carbonyl (C=O) groups is 1. The van der Waals surface area contributed by atoms with Gasteiger partial charge in [0.15, 0.2) is 5.82 Å². The number of fused-ring (bicyclic) bond motifs is 1. The van der Waals surface area contributed by atoms with E-state index in [-0.39, 0.29) is 5.91 Å². The van der Waals surface area contributed by atoms with Gasteiger partial charge in [-0.3, -0.25) is 4.79 Å². The quantitative estimate of drug-likeness (QED) is 0.880. The molecule has 0 aromatic carbocycles. The second-order valence-electron chi connectivity index (χ2n) is 6.73. The van der Waals surface area contributed by atoms with Gasteiger partial charge in [-0.1, -0.05) is 11.6 Å². The van der Waals surface area contributed by atoms with Gasteiger partial charge in [0.2, 0.25) is 5.89 Å². The number of nitrogens with zero attached hydrogens (tertiary/aromatic N) is 5. The summed E-state index contributed by atoms with van der Waals surface area (Å²) in [6, 6.07) is 0. The van der Waals surface area contributed by atoms with Crippen molar-refractivity contribution in [3.05, 3.63) is 29.4 Å². The van der Waals surface area contributed by atoms with E-state index < -0.39 is 0 Å². The van der Waals surface area contributed by atoms with Crippen molar-refractivity contribution in [3.8, 4) is 0 Å². The molecule has 1 amide bonds. The maximum absolute atomic E-state index is 12.8. The van der Waals surface area contributed by atoms with E-state index >= 15 is 0 Å². The summed E-state index contributed by atoms with van der Waals surface area (Å²) in [6.45, 7) is 5.54. The fourth-order valence-electron chi connectivity index (χ4n) is 3.29. The highest BCUT2D eigenvalue weighted by Crippen LogP contribution is 2.35. The molecule has 0 radical (unpaired) electrons. The Morgan fingerprint density at radius 1 is 1.40 bits per heavy atom. The Labute approximate surface area is 146 Å². The SMILES string of the molecule is CCN(Cc1noc(C2CCC2)n1)C(=O)c1cn2c(n1)CCNCC2. The molecule has 0 saturated heterocycles. The van der Waals surface area contributed by atoms with E-state index in [0.29, 0.717) is 36.4 Å². The Hall–Kier alpha value is -2.22. The Kier molecular flexibility index (Phi) is 4.52. The third-order valence-corrected chi connectivity index (χ3v) is 5.07. The van der Waals surface area contributed by atoms with Crippen molar-refractivity contribution in [2.24, 2.45) is 0 Å². The van der Waals surface area contributed by atoms with E-state index in [1.54, 1.807) is 4.90 Å². The van der Waals surface area contributed by atoms with Crippen LogP contribution in [0.25, 0.3) is 0 Å². The molecule has 2 aliphatic rings. The van der Waals surface area contributed by atoms with Crippen LogP contribution in [0.3, 0.4) is 0 Å². The normalized spacial score (nSPS) is 17.6. The number of imidazole rings is 1. The lowest BCUT2D eigenvalue weighted by Crippen LogP contribution is -2.31. The fraction of sp³-hybridized carbons (Fsp3) is 0.647. The highest BCUT2D eigenvalue weighted by atomic mass is 16.5. The number of hydrogen-bond acceptors (Lipinski definition) is 6. The molecule has 3 heterocycles. The van der Waals surface area contributed by atoms with Crippen molar-refractivity contribution in [1.29, 1.82) is 0 Å². The van der Waals surface area contributed by atoms with Crippen LogP contribution < -0.4 is 5.32 Å². The van der Waals surface area contributed by atoms with E-state index in [2.05, 4.69) is 25.0 Å². The lowest BCUT2D eigenvalue weighted by molar-refractivity contribution is 0.0741. The first-order chi connectivity index (χ1) is 12.2. The summed E-state index contributed by atoms with van der Waals surface area (Å²) in [5.41, 5.74) is 0.501. The van der Waals surface area contributed by atoms with Crippen LogP contribution in [0.4, 0.5) is 0 Å². The lowest BCUT2D eigenvalue weighted by atomic mass is 9.85. The number of rotatable bonds is 5. The maximum atomic E-state index is 12.8. The largest absolute Gasteiger partial charge is 0.339 e. The number of amides is 1. The highest BCUT2D eigenvalue weighted by molar-refractivity contribution is 5.92. The van der Waals surface area contributed by atoms with Crippen LogP contribution in [0.15, 0.2) is 10.7 Å². The number of carbonyl (C=O) groups excluding carboxylic acids is 1. The van der Waals surface area contributed by atoms with Gasteiger partial charge in [-0.25, -0.2) is 4.98 Å². The minimum Gasteiger partial charge on any atom is -0.339 e. The number of nitrogens with one attached hydrogen (secondary N) is 1. The van der Waals surface area contributed by atoms with Crippen LogP contribution in [-0.2, 0) is 19.5 Å². The molecule has 2 aromatic heterocycles. The van der Waals surface area contributed by atoms with Crippen molar-refractivity contribution < 1.29 is 9.32 Å². The smallest absolute Gasteiger partial charge is 0.274 e. The Bertz CT molecular complexity index is 725. The van der Waals surface area contributed by atoms with Gasteiger partial charge in [-0.05, 0) is 19.8 Å². The second kappa shape index (κ2) is 6.95. The van der Waals surface area contributed by atoms with Crippen LogP contribution in [0.5, 0.6) is 0 Å². The van der Waals surface area contributed by atoms with Crippen molar-refractivity contribution in [2.75, 3.05) is 19.6 Å². The molecular weight excluding hydrogens is 320 g/mol. The van der Waals surface area contributed by atoms with Crippen LogP contribution in [-0.4, -0.2) is 50.1 Å². The summed E-state index contributed by atoms with van der Waals surface area (Å²) in [7, 11) is 0. The first-order valence-electron chi connectivity index (χ1n) is 9.13. The molecule has 1 saturated carbocycles. The molecule has 1 fully saturated rings.